The molecule has 3 rings (SSSR count). The highest BCUT2D eigenvalue weighted by molar-refractivity contribution is 8.26. The molecule has 1 aromatic rings. The van der Waals surface area contributed by atoms with Crippen LogP contribution in [0.15, 0.2) is 29.2 Å². The van der Waals surface area contributed by atoms with Crippen molar-refractivity contribution in [2.45, 2.75) is 45.1 Å². The molecule has 0 bridgehead atoms. The van der Waals surface area contributed by atoms with Crippen LogP contribution >= 0.6 is 24.0 Å². The molecule has 5 nitrogen and oxygen atoms in total. The molecule has 150 valence electrons. The van der Waals surface area contributed by atoms with Gasteiger partial charge in [-0.05, 0) is 37.8 Å². The fourth-order valence-corrected chi connectivity index (χ4v) is 5.02. The Hall–Kier alpha value is -1.86. The highest BCUT2D eigenvalue weighted by Crippen LogP contribution is 2.34. The number of hydrogen-bond acceptors (Lipinski definition) is 5. The van der Waals surface area contributed by atoms with E-state index in [1.807, 2.05) is 29.2 Å². The standard InChI is InChI=1S/C21H26N2O3S2/c1-3-16-9-6-7-12-22(16)19(24)11-13-23-20(25)18(28-21(23)27)14-15-8-4-5-10-17(15)26-2/h4-5,8,10,14,16H,3,6-7,9,11-13H2,1-2H3. The predicted octanol–water partition coefficient (Wildman–Crippen LogP) is 4.08. The summed E-state index contributed by atoms with van der Waals surface area (Å²) in [6.45, 7) is 3.28. The summed E-state index contributed by atoms with van der Waals surface area (Å²) < 4.78 is 5.85. The minimum Gasteiger partial charge on any atom is -0.496 e. The molecule has 28 heavy (non-hydrogen) atoms. The fourth-order valence-electron chi connectivity index (χ4n) is 3.72. The average Bonchev–Trinajstić information content (AvgIpc) is 2.99. The minimum absolute atomic E-state index is 0.120. The van der Waals surface area contributed by atoms with E-state index >= 15 is 0 Å². The number of hydrogen-bond donors (Lipinski definition) is 0. The number of likely N-dealkylation sites (tertiary alicyclic amines) is 1. The molecule has 2 saturated heterocycles. The fraction of sp³-hybridized carbons (Fsp3) is 0.476. The average molecular weight is 419 g/mol. The topological polar surface area (TPSA) is 49.9 Å². The zero-order chi connectivity index (χ0) is 20.1. The number of methoxy groups -OCH3 is 1. The molecule has 1 unspecified atom stereocenters. The minimum atomic E-state index is -0.139. The van der Waals surface area contributed by atoms with Crippen LogP contribution in [0.4, 0.5) is 0 Å². The second-order valence-corrected chi connectivity index (χ2v) is 8.65. The molecule has 0 aliphatic carbocycles. The lowest BCUT2D eigenvalue weighted by atomic mass is 9.99. The van der Waals surface area contributed by atoms with Crippen molar-refractivity contribution in [3.8, 4) is 5.75 Å². The monoisotopic (exact) mass is 418 g/mol. The van der Waals surface area contributed by atoms with Gasteiger partial charge in [-0.25, -0.2) is 0 Å². The SMILES string of the molecule is CCC1CCCCN1C(=O)CCN1C(=O)C(=Cc2ccccc2OC)SC1=S. The lowest BCUT2D eigenvalue weighted by molar-refractivity contribution is -0.135. The van der Waals surface area contributed by atoms with Crippen molar-refractivity contribution in [2.75, 3.05) is 20.2 Å². The van der Waals surface area contributed by atoms with Gasteiger partial charge in [0.25, 0.3) is 5.91 Å². The normalized spacial score (nSPS) is 21.5. The van der Waals surface area contributed by atoms with Crippen LogP contribution in [-0.4, -0.2) is 52.2 Å². The Bertz CT molecular complexity index is 794. The maximum atomic E-state index is 12.8. The Labute approximate surface area is 176 Å². The molecule has 2 heterocycles. The van der Waals surface area contributed by atoms with Crippen LogP contribution in [0, 0.1) is 0 Å². The molecule has 2 aliphatic heterocycles. The maximum Gasteiger partial charge on any atom is 0.266 e. The Balaban J connectivity index is 1.65. The van der Waals surface area contributed by atoms with E-state index in [9.17, 15) is 9.59 Å². The molecule has 0 aromatic heterocycles. The third-order valence-electron chi connectivity index (χ3n) is 5.27. The van der Waals surface area contributed by atoms with Gasteiger partial charge in [-0.3, -0.25) is 14.5 Å². The third-order valence-corrected chi connectivity index (χ3v) is 6.64. The second kappa shape index (κ2) is 9.56. The third kappa shape index (κ3) is 4.58. The van der Waals surface area contributed by atoms with Crippen LogP contribution in [-0.2, 0) is 9.59 Å². The molecule has 1 atom stereocenters. The summed E-state index contributed by atoms with van der Waals surface area (Å²) in [5.41, 5.74) is 0.834. The molecule has 2 aliphatic rings. The molecule has 0 radical (unpaired) electrons. The number of carbonyl (C=O) groups is 2. The van der Waals surface area contributed by atoms with Gasteiger partial charge < -0.3 is 9.64 Å². The molecule has 0 saturated carbocycles. The first-order valence-corrected chi connectivity index (χ1v) is 11.0. The van der Waals surface area contributed by atoms with Gasteiger partial charge in [-0.1, -0.05) is 49.1 Å². The van der Waals surface area contributed by atoms with Crippen LogP contribution in [0.5, 0.6) is 5.75 Å². The van der Waals surface area contributed by atoms with E-state index in [0.717, 1.165) is 31.4 Å². The van der Waals surface area contributed by atoms with Gasteiger partial charge in [0.15, 0.2) is 0 Å². The molecule has 7 heteroatoms. The summed E-state index contributed by atoms with van der Waals surface area (Å²) in [6, 6.07) is 7.87. The van der Waals surface area contributed by atoms with Gasteiger partial charge in [-0.15, -0.1) is 0 Å². The summed E-state index contributed by atoms with van der Waals surface area (Å²) in [4.78, 5) is 29.6. The number of ether oxygens (including phenoxy) is 1. The number of rotatable bonds is 6. The van der Waals surface area contributed by atoms with E-state index in [4.69, 9.17) is 17.0 Å². The largest absolute Gasteiger partial charge is 0.496 e. The summed E-state index contributed by atoms with van der Waals surface area (Å²) in [6.07, 6.45) is 6.41. The maximum absolute atomic E-state index is 12.8. The Morgan fingerprint density at radius 1 is 1.36 bits per heavy atom. The Morgan fingerprint density at radius 3 is 2.89 bits per heavy atom. The van der Waals surface area contributed by atoms with E-state index in [-0.39, 0.29) is 11.8 Å². The van der Waals surface area contributed by atoms with Crippen LogP contribution in [0.3, 0.4) is 0 Å². The first kappa shape index (κ1) is 20.9. The molecule has 2 fully saturated rings. The first-order valence-electron chi connectivity index (χ1n) is 9.73. The zero-order valence-electron chi connectivity index (χ0n) is 16.3. The number of amides is 2. The summed E-state index contributed by atoms with van der Waals surface area (Å²) >= 11 is 6.67. The number of piperidine rings is 1. The molecular formula is C21H26N2O3S2. The van der Waals surface area contributed by atoms with Crippen molar-refractivity contribution < 1.29 is 14.3 Å². The zero-order valence-corrected chi connectivity index (χ0v) is 18.0. The number of benzene rings is 1. The molecular weight excluding hydrogens is 392 g/mol. The number of thiocarbonyl (C=S) groups is 1. The van der Waals surface area contributed by atoms with Crippen LogP contribution in [0.1, 0.15) is 44.6 Å². The van der Waals surface area contributed by atoms with Gasteiger partial charge in [0.05, 0.1) is 12.0 Å². The lowest BCUT2D eigenvalue weighted by Crippen LogP contribution is -2.44. The van der Waals surface area contributed by atoms with E-state index in [1.165, 1.54) is 18.2 Å². The molecule has 0 N–H and O–H groups in total. The van der Waals surface area contributed by atoms with E-state index in [1.54, 1.807) is 18.1 Å². The highest BCUT2D eigenvalue weighted by Gasteiger charge is 2.33. The molecule has 2 amide bonds. The summed E-state index contributed by atoms with van der Waals surface area (Å²) in [5, 5.41) is 0. The Kier molecular flexibility index (Phi) is 7.13. The van der Waals surface area contributed by atoms with Crippen LogP contribution < -0.4 is 4.74 Å². The van der Waals surface area contributed by atoms with Crippen LogP contribution in [0.2, 0.25) is 0 Å². The molecule has 1 aromatic carbocycles. The van der Waals surface area contributed by atoms with E-state index in [2.05, 4.69) is 6.92 Å². The number of nitrogens with zero attached hydrogens (tertiary/aromatic N) is 2. The predicted molar refractivity (Wildman–Crippen MR) is 117 cm³/mol. The molecule has 0 spiro atoms. The van der Waals surface area contributed by atoms with Gasteiger partial charge in [0.2, 0.25) is 5.91 Å². The van der Waals surface area contributed by atoms with E-state index < -0.39 is 0 Å². The quantitative estimate of drug-likeness (QED) is 0.515. The van der Waals surface area contributed by atoms with Crippen molar-refractivity contribution in [1.29, 1.82) is 0 Å². The van der Waals surface area contributed by atoms with Crippen molar-refractivity contribution in [1.82, 2.24) is 9.80 Å². The van der Waals surface area contributed by atoms with Gasteiger partial charge in [0.1, 0.15) is 10.1 Å². The number of thioether (sulfide) groups is 1. The second-order valence-electron chi connectivity index (χ2n) is 6.97. The highest BCUT2D eigenvalue weighted by atomic mass is 32.2. The lowest BCUT2D eigenvalue weighted by Gasteiger charge is -2.35. The first-order chi connectivity index (χ1) is 13.5. The summed E-state index contributed by atoms with van der Waals surface area (Å²) in [7, 11) is 1.60. The summed E-state index contributed by atoms with van der Waals surface area (Å²) in [5.74, 6) is 0.687. The smallest absolute Gasteiger partial charge is 0.266 e. The Morgan fingerprint density at radius 2 is 2.14 bits per heavy atom. The van der Waals surface area contributed by atoms with Gasteiger partial charge >= 0.3 is 0 Å². The van der Waals surface area contributed by atoms with Gasteiger partial charge in [-0.2, -0.15) is 0 Å². The number of carbonyl (C=O) groups excluding carboxylic acids is 2. The number of para-hydroxylation sites is 1. The van der Waals surface area contributed by atoms with E-state index in [0.29, 0.717) is 34.0 Å². The van der Waals surface area contributed by atoms with Gasteiger partial charge in [0, 0.05) is 31.1 Å². The van der Waals surface area contributed by atoms with Crippen molar-refractivity contribution in [2.24, 2.45) is 0 Å². The van der Waals surface area contributed by atoms with Crippen molar-refractivity contribution >= 4 is 46.2 Å². The van der Waals surface area contributed by atoms with Crippen molar-refractivity contribution in [3.63, 3.8) is 0 Å². The van der Waals surface area contributed by atoms with Crippen molar-refractivity contribution in [3.05, 3.63) is 34.7 Å². The van der Waals surface area contributed by atoms with Crippen LogP contribution in [0.25, 0.3) is 6.08 Å².